The van der Waals surface area contributed by atoms with Gasteiger partial charge in [-0.25, -0.2) is 4.98 Å². The highest BCUT2D eigenvalue weighted by Crippen LogP contribution is 2.23. The number of carbonyl (C=O) groups excluding carboxylic acids is 1. The van der Waals surface area contributed by atoms with Gasteiger partial charge in [0.2, 0.25) is 0 Å². The lowest BCUT2D eigenvalue weighted by Crippen LogP contribution is -2.26. The molecule has 1 heterocycles. The Morgan fingerprint density at radius 2 is 2.20 bits per heavy atom. The van der Waals surface area contributed by atoms with E-state index >= 15 is 0 Å². The lowest BCUT2D eigenvalue weighted by atomic mass is 10.1. The summed E-state index contributed by atoms with van der Waals surface area (Å²) in [5, 5.41) is 2.84. The molecule has 0 saturated carbocycles. The number of aromatic nitrogens is 2. The van der Waals surface area contributed by atoms with Crippen LogP contribution in [0.2, 0.25) is 0 Å². The number of benzene rings is 1. The summed E-state index contributed by atoms with van der Waals surface area (Å²) >= 11 is 0. The summed E-state index contributed by atoms with van der Waals surface area (Å²) in [6.45, 7) is 0.515. The number of nitrogens with one attached hydrogen (secondary N) is 2. The van der Waals surface area contributed by atoms with Gasteiger partial charge in [0.1, 0.15) is 11.5 Å². The second-order valence-corrected chi connectivity index (χ2v) is 4.15. The molecule has 6 heteroatoms. The van der Waals surface area contributed by atoms with Crippen molar-refractivity contribution in [3.63, 3.8) is 0 Å². The summed E-state index contributed by atoms with van der Waals surface area (Å²) < 4.78 is 10.3. The van der Waals surface area contributed by atoms with E-state index in [1.807, 2.05) is 0 Å². The average molecular weight is 275 g/mol. The molecule has 2 rings (SSSR count). The van der Waals surface area contributed by atoms with E-state index in [0.29, 0.717) is 30.0 Å². The van der Waals surface area contributed by atoms with Gasteiger partial charge in [-0.1, -0.05) is 0 Å². The third-order valence-electron chi connectivity index (χ3n) is 2.89. The zero-order valence-electron chi connectivity index (χ0n) is 11.5. The smallest absolute Gasteiger partial charge is 0.255 e. The molecule has 0 saturated heterocycles. The summed E-state index contributed by atoms with van der Waals surface area (Å²) in [6.07, 6.45) is 4.04. The van der Waals surface area contributed by atoms with Gasteiger partial charge in [0.25, 0.3) is 5.91 Å². The number of hydrogen-bond donors (Lipinski definition) is 2. The predicted molar refractivity (Wildman–Crippen MR) is 74.2 cm³/mol. The van der Waals surface area contributed by atoms with Crippen LogP contribution in [0.1, 0.15) is 16.1 Å². The normalized spacial score (nSPS) is 10.1. The van der Waals surface area contributed by atoms with Crippen molar-refractivity contribution in [3.05, 3.63) is 42.0 Å². The van der Waals surface area contributed by atoms with Crippen LogP contribution < -0.4 is 14.8 Å². The van der Waals surface area contributed by atoms with Crippen LogP contribution in [0.3, 0.4) is 0 Å². The van der Waals surface area contributed by atoms with Gasteiger partial charge in [0.15, 0.2) is 0 Å². The third kappa shape index (κ3) is 3.28. The standard InChI is InChI=1S/C14H17N3O3/c1-19-11-3-4-13(20-2)12(7-11)14(18)16-6-5-10-8-15-9-17-10/h3-4,7-9H,5-6H2,1-2H3,(H,15,17)(H,16,18). The summed E-state index contributed by atoms with van der Waals surface area (Å²) in [5.41, 5.74) is 1.43. The van der Waals surface area contributed by atoms with Crippen LogP contribution in [0.25, 0.3) is 0 Å². The molecule has 20 heavy (non-hydrogen) atoms. The zero-order valence-corrected chi connectivity index (χ0v) is 11.5. The molecule has 0 unspecified atom stereocenters. The fraction of sp³-hybridized carbons (Fsp3) is 0.286. The molecule has 0 aliphatic carbocycles. The molecule has 0 aliphatic heterocycles. The van der Waals surface area contributed by atoms with Crippen LogP contribution in [0, 0.1) is 0 Å². The summed E-state index contributed by atoms with van der Waals surface area (Å²) in [4.78, 5) is 19.1. The highest BCUT2D eigenvalue weighted by atomic mass is 16.5. The van der Waals surface area contributed by atoms with Crippen LogP contribution >= 0.6 is 0 Å². The largest absolute Gasteiger partial charge is 0.497 e. The zero-order chi connectivity index (χ0) is 14.4. The number of methoxy groups -OCH3 is 2. The van der Waals surface area contributed by atoms with Crippen molar-refractivity contribution in [2.24, 2.45) is 0 Å². The van der Waals surface area contributed by atoms with Crippen LogP contribution in [-0.2, 0) is 6.42 Å². The maximum Gasteiger partial charge on any atom is 0.255 e. The van der Waals surface area contributed by atoms with Crippen molar-refractivity contribution in [3.8, 4) is 11.5 Å². The fourth-order valence-electron chi connectivity index (χ4n) is 1.82. The minimum atomic E-state index is -0.194. The number of hydrogen-bond acceptors (Lipinski definition) is 4. The van der Waals surface area contributed by atoms with Gasteiger partial charge in [-0.15, -0.1) is 0 Å². The molecule has 6 nitrogen and oxygen atoms in total. The topological polar surface area (TPSA) is 76.2 Å². The van der Waals surface area contributed by atoms with Crippen molar-refractivity contribution in [1.29, 1.82) is 0 Å². The first kappa shape index (κ1) is 13.9. The summed E-state index contributed by atoms with van der Waals surface area (Å²) in [6, 6.07) is 5.12. The second-order valence-electron chi connectivity index (χ2n) is 4.15. The first-order valence-corrected chi connectivity index (χ1v) is 6.22. The molecule has 1 aromatic heterocycles. The Morgan fingerprint density at radius 1 is 1.35 bits per heavy atom. The Labute approximate surface area is 117 Å². The first-order valence-electron chi connectivity index (χ1n) is 6.22. The van der Waals surface area contributed by atoms with Gasteiger partial charge in [0, 0.05) is 24.9 Å². The second kappa shape index (κ2) is 6.60. The SMILES string of the molecule is COc1ccc(OC)c(C(=O)NCCc2cnc[nH]2)c1. The predicted octanol–water partition coefficient (Wildman–Crippen LogP) is 1.40. The van der Waals surface area contributed by atoms with Crippen LogP contribution in [0.4, 0.5) is 0 Å². The number of H-pyrrole nitrogens is 1. The van der Waals surface area contributed by atoms with E-state index in [4.69, 9.17) is 9.47 Å². The van der Waals surface area contributed by atoms with Crippen molar-refractivity contribution < 1.29 is 14.3 Å². The molecule has 2 aromatic rings. The quantitative estimate of drug-likeness (QED) is 0.835. The van der Waals surface area contributed by atoms with E-state index in [-0.39, 0.29) is 5.91 Å². The molecular weight excluding hydrogens is 258 g/mol. The molecular formula is C14H17N3O3. The van der Waals surface area contributed by atoms with Gasteiger partial charge in [-0.05, 0) is 18.2 Å². The van der Waals surface area contributed by atoms with Crippen molar-refractivity contribution >= 4 is 5.91 Å². The van der Waals surface area contributed by atoms with Gasteiger partial charge >= 0.3 is 0 Å². The molecule has 1 amide bonds. The number of imidazole rings is 1. The monoisotopic (exact) mass is 275 g/mol. The molecule has 1 aromatic carbocycles. The van der Waals surface area contributed by atoms with Crippen molar-refractivity contribution in [2.75, 3.05) is 20.8 Å². The number of aromatic amines is 1. The Balaban J connectivity index is 2.00. The Kier molecular flexibility index (Phi) is 4.60. The molecule has 0 atom stereocenters. The van der Waals surface area contributed by atoms with Crippen molar-refractivity contribution in [2.45, 2.75) is 6.42 Å². The highest BCUT2D eigenvalue weighted by Gasteiger charge is 2.13. The van der Waals surface area contributed by atoms with Gasteiger partial charge in [0.05, 0.1) is 26.1 Å². The van der Waals surface area contributed by atoms with E-state index in [1.54, 1.807) is 37.8 Å². The fourth-order valence-corrected chi connectivity index (χ4v) is 1.82. The van der Waals surface area contributed by atoms with Crippen molar-refractivity contribution in [1.82, 2.24) is 15.3 Å². The molecule has 0 bridgehead atoms. The number of rotatable bonds is 6. The third-order valence-corrected chi connectivity index (χ3v) is 2.89. The minimum absolute atomic E-state index is 0.194. The van der Waals surface area contributed by atoms with Gasteiger partial charge < -0.3 is 19.8 Å². The molecule has 2 N–H and O–H groups in total. The summed E-state index contributed by atoms with van der Waals surface area (Å²) in [7, 11) is 3.09. The van der Waals surface area contributed by atoms with E-state index in [1.165, 1.54) is 7.11 Å². The average Bonchev–Trinajstić information content (AvgIpc) is 2.99. The number of carbonyl (C=O) groups is 1. The lowest BCUT2D eigenvalue weighted by molar-refractivity contribution is 0.0950. The molecule has 0 radical (unpaired) electrons. The van der Waals surface area contributed by atoms with E-state index in [2.05, 4.69) is 15.3 Å². The molecule has 0 spiro atoms. The lowest BCUT2D eigenvalue weighted by Gasteiger charge is -2.10. The number of ether oxygens (including phenoxy) is 2. The van der Waals surface area contributed by atoms with Gasteiger partial charge in [-0.3, -0.25) is 4.79 Å². The maximum atomic E-state index is 12.1. The maximum absolute atomic E-state index is 12.1. The summed E-state index contributed by atoms with van der Waals surface area (Å²) in [5.74, 6) is 0.939. The van der Waals surface area contributed by atoms with Crippen LogP contribution in [0.15, 0.2) is 30.7 Å². The number of amides is 1. The van der Waals surface area contributed by atoms with E-state index in [9.17, 15) is 4.79 Å². The Bertz CT molecular complexity index is 567. The van der Waals surface area contributed by atoms with E-state index < -0.39 is 0 Å². The molecule has 106 valence electrons. The molecule has 0 fully saturated rings. The first-order chi connectivity index (χ1) is 9.74. The van der Waals surface area contributed by atoms with Crippen LogP contribution in [0.5, 0.6) is 11.5 Å². The number of nitrogens with zero attached hydrogens (tertiary/aromatic N) is 1. The van der Waals surface area contributed by atoms with Crippen LogP contribution in [-0.4, -0.2) is 36.6 Å². The van der Waals surface area contributed by atoms with E-state index in [0.717, 1.165) is 5.69 Å². The minimum Gasteiger partial charge on any atom is -0.497 e. The molecule has 0 aliphatic rings. The highest BCUT2D eigenvalue weighted by molar-refractivity contribution is 5.97. The van der Waals surface area contributed by atoms with Gasteiger partial charge in [-0.2, -0.15) is 0 Å². The Hall–Kier alpha value is -2.50. The Morgan fingerprint density at radius 3 is 2.85 bits per heavy atom.